The number of hydrogen-bond donors (Lipinski definition) is 1. The molecule has 0 atom stereocenters. The van der Waals surface area contributed by atoms with E-state index in [4.69, 9.17) is 11.6 Å². The van der Waals surface area contributed by atoms with Gasteiger partial charge in [0.05, 0.1) is 16.2 Å². The summed E-state index contributed by atoms with van der Waals surface area (Å²) >= 11 is 5.44. The lowest BCUT2D eigenvalue weighted by molar-refractivity contribution is 0.0702. The zero-order chi connectivity index (χ0) is 10.2. The van der Waals surface area contributed by atoms with E-state index in [2.05, 4.69) is 0 Å². The highest BCUT2D eigenvalue weighted by Gasteiger charge is 2.26. The molecule has 0 unspecified atom stereocenters. The number of rotatable bonds is 1. The molecule has 13 heavy (non-hydrogen) atoms. The Balaban J connectivity index is 3.43. The van der Waals surface area contributed by atoms with Gasteiger partial charge < -0.3 is 5.11 Å². The van der Waals surface area contributed by atoms with Crippen LogP contribution in [-0.4, -0.2) is 5.11 Å². The van der Waals surface area contributed by atoms with Crippen LogP contribution in [0.3, 0.4) is 0 Å². The minimum absolute atomic E-state index is 0.196. The third-order valence-corrected chi connectivity index (χ3v) is 1.95. The fraction of sp³-hybridized carbons (Fsp3) is 0.333. The smallest absolute Gasteiger partial charge is 0.150 e. The van der Waals surface area contributed by atoms with Gasteiger partial charge in [-0.2, -0.15) is 0 Å². The summed E-state index contributed by atoms with van der Waals surface area (Å²) in [6, 6.07) is 2.14. The van der Waals surface area contributed by atoms with E-state index in [1.54, 1.807) is 0 Å². The van der Waals surface area contributed by atoms with Gasteiger partial charge in [0.2, 0.25) is 0 Å². The monoisotopic (exact) mass is 206 g/mol. The average Bonchev–Trinajstić information content (AvgIpc) is 1.95. The van der Waals surface area contributed by atoms with Crippen LogP contribution in [0.1, 0.15) is 19.4 Å². The summed E-state index contributed by atoms with van der Waals surface area (Å²) in [6.07, 6.45) is 0. The quantitative estimate of drug-likeness (QED) is 0.701. The van der Waals surface area contributed by atoms with Crippen molar-refractivity contribution in [1.29, 1.82) is 0 Å². The van der Waals surface area contributed by atoms with E-state index in [0.29, 0.717) is 0 Å². The third-order valence-electron chi connectivity index (χ3n) is 1.66. The van der Waals surface area contributed by atoms with Gasteiger partial charge in [0.1, 0.15) is 5.82 Å². The first-order chi connectivity index (χ1) is 5.84. The van der Waals surface area contributed by atoms with Crippen LogP contribution in [0.5, 0.6) is 0 Å². The van der Waals surface area contributed by atoms with E-state index in [0.717, 1.165) is 12.1 Å². The molecular formula is C9H9ClF2O. The standard InChI is InChI=1S/C9H9ClF2O/c1-9(2,13)7-6(11)4-3-5(10)8(7)12/h3-4,13H,1-2H3. The first-order valence-corrected chi connectivity index (χ1v) is 4.08. The van der Waals surface area contributed by atoms with Crippen LogP contribution in [0.25, 0.3) is 0 Å². The van der Waals surface area contributed by atoms with Crippen molar-refractivity contribution in [3.05, 3.63) is 34.4 Å². The Labute approximate surface area is 80.0 Å². The summed E-state index contributed by atoms with van der Waals surface area (Å²) in [5.74, 6) is -1.71. The van der Waals surface area contributed by atoms with E-state index in [9.17, 15) is 13.9 Å². The topological polar surface area (TPSA) is 20.2 Å². The van der Waals surface area contributed by atoms with Gasteiger partial charge in [0, 0.05) is 0 Å². The van der Waals surface area contributed by atoms with Gasteiger partial charge in [-0.3, -0.25) is 0 Å². The molecule has 0 aliphatic heterocycles. The predicted octanol–water partition coefficient (Wildman–Crippen LogP) is 2.85. The second kappa shape index (κ2) is 3.24. The molecule has 1 rings (SSSR count). The van der Waals surface area contributed by atoms with E-state index >= 15 is 0 Å². The Morgan fingerprint density at radius 2 is 1.85 bits per heavy atom. The molecule has 0 bridgehead atoms. The molecule has 4 heteroatoms. The van der Waals surface area contributed by atoms with Crippen LogP contribution in [0.2, 0.25) is 5.02 Å². The maximum atomic E-state index is 13.2. The van der Waals surface area contributed by atoms with Gasteiger partial charge in [-0.25, -0.2) is 8.78 Å². The summed E-state index contributed by atoms with van der Waals surface area (Å²) in [4.78, 5) is 0. The maximum absolute atomic E-state index is 13.2. The Bertz CT molecular complexity index is 331. The van der Waals surface area contributed by atoms with Gasteiger partial charge in [-0.15, -0.1) is 0 Å². The Morgan fingerprint density at radius 1 is 1.31 bits per heavy atom. The van der Waals surface area contributed by atoms with Crippen molar-refractivity contribution in [1.82, 2.24) is 0 Å². The lowest BCUT2D eigenvalue weighted by atomic mass is 9.97. The van der Waals surface area contributed by atoms with Crippen LogP contribution >= 0.6 is 11.6 Å². The van der Waals surface area contributed by atoms with Crippen LogP contribution in [-0.2, 0) is 5.60 Å². The number of halogens is 3. The van der Waals surface area contributed by atoms with Gasteiger partial charge in [0.25, 0.3) is 0 Å². The molecule has 72 valence electrons. The van der Waals surface area contributed by atoms with Gasteiger partial charge in [-0.05, 0) is 26.0 Å². The van der Waals surface area contributed by atoms with Gasteiger partial charge in [-0.1, -0.05) is 11.6 Å². The van der Waals surface area contributed by atoms with E-state index in [1.807, 2.05) is 0 Å². The number of aliphatic hydroxyl groups is 1. The van der Waals surface area contributed by atoms with Crippen molar-refractivity contribution in [2.75, 3.05) is 0 Å². The molecule has 0 spiro atoms. The van der Waals surface area contributed by atoms with Crippen molar-refractivity contribution in [2.24, 2.45) is 0 Å². The zero-order valence-corrected chi connectivity index (χ0v) is 7.99. The molecule has 1 nitrogen and oxygen atoms in total. The molecule has 1 N–H and O–H groups in total. The maximum Gasteiger partial charge on any atom is 0.150 e. The molecule has 0 fully saturated rings. The molecule has 0 radical (unpaired) electrons. The van der Waals surface area contributed by atoms with Crippen LogP contribution < -0.4 is 0 Å². The Hall–Kier alpha value is -0.670. The van der Waals surface area contributed by atoms with E-state index in [-0.39, 0.29) is 5.02 Å². The minimum atomic E-state index is -1.57. The van der Waals surface area contributed by atoms with Crippen LogP contribution in [0, 0.1) is 11.6 Å². The highest BCUT2D eigenvalue weighted by Crippen LogP contribution is 2.29. The lowest BCUT2D eigenvalue weighted by Crippen LogP contribution is -2.19. The highest BCUT2D eigenvalue weighted by molar-refractivity contribution is 6.30. The fourth-order valence-corrected chi connectivity index (χ4v) is 1.25. The SMILES string of the molecule is CC(C)(O)c1c(F)ccc(Cl)c1F. The second-order valence-corrected chi connectivity index (χ2v) is 3.68. The first-order valence-electron chi connectivity index (χ1n) is 3.70. The lowest BCUT2D eigenvalue weighted by Gasteiger charge is -2.19. The molecule has 0 saturated heterocycles. The van der Waals surface area contributed by atoms with Gasteiger partial charge >= 0.3 is 0 Å². The van der Waals surface area contributed by atoms with Crippen molar-refractivity contribution in [3.8, 4) is 0 Å². The zero-order valence-electron chi connectivity index (χ0n) is 7.24. The molecule has 0 aliphatic rings. The number of hydrogen-bond acceptors (Lipinski definition) is 1. The van der Waals surface area contributed by atoms with Crippen molar-refractivity contribution < 1.29 is 13.9 Å². The summed E-state index contributed by atoms with van der Waals surface area (Å²) in [5.41, 5.74) is -1.97. The molecule has 0 saturated carbocycles. The summed E-state index contributed by atoms with van der Waals surface area (Å²) in [6.45, 7) is 2.59. The largest absolute Gasteiger partial charge is 0.386 e. The van der Waals surface area contributed by atoms with E-state index < -0.39 is 22.8 Å². The molecule has 0 amide bonds. The van der Waals surface area contributed by atoms with Crippen molar-refractivity contribution in [3.63, 3.8) is 0 Å². The molecular weight excluding hydrogens is 198 g/mol. The van der Waals surface area contributed by atoms with E-state index in [1.165, 1.54) is 13.8 Å². The normalized spacial score (nSPS) is 11.8. The van der Waals surface area contributed by atoms with Crippen LogP contribution in [0.4, 0.5) is 8.78 Å². The summed E-state index contributed by atoms with van der Waals surface area (Å²) in [5, 5.41) is 9.24. The van der Waals surface area contributed by atoms with Crippen molar-refractivity contribution >= 4 is 11.6 Å². The Morgan fingerprint density at radius 3 is 2.23 bits per heavy atom. The van der Waals surface area contributed by atoms with Gasteiger partial charge in [0.15, 0.2) is 5.82 Å². The van der Waals surface area contributed by atoms with Crippen molar-refractivity contribution in [2.45, 2.75) is 19.4 Å². The summed E-state index contributed by atoms with van der Waals surface area (Å²) in [7, 11) is 0. The summed E-state index contributed by atoms with van der Waals surface area (Å²) < 4.78 is 26.3. The molecule has 0 heterocycles. The second-order valence-electron chi connectivity index (χ2n) is 3.28. The highest BCUT2D eigenvalue weighted by atomic mass is 35.5. The molecule has 1 aromatic carbocycles. The number of benzene rings is 1. The predicted molar refractivity (Wildman–Crippen MR) is 46.6 cm³/mol. The molecule has 0 aromatic heterocycles. The molecule has 1 aromatic rings. The average molecular weight is 207 g/mol. The van der Waals surface area contributed by atoms with Crippen LogP contribution in [0.15, 0.2) is 12.1 Å². The minimum Gasteiger partial charge on any atom is -0.386 e. The first kappa shape index (κ1) is 10.4. The Kier molecular flexibility index (Phi) is 2.59. The molecule has 0 aliphatic carbocycles. The third kappa shape index (κ3) is 1.98. The fourth-order valence-electron chi connectivity index (χ4n) is 1.09.